The molecule has 0 amide bonds. The van der Waals surface area contributed by atoms with Gasteiger partial charge in [0.2, 0.25) is 0 Å². The van der Waals surface area contributed by atoms with Crippen molar-refractivity contribution in [2.45, 2.75) is 6.92 Å². The number of hydrogen-bond acceptors (Lipinski definition) is 4. The molecular formula is C10H11BrN2O2. The van der Waals surface area contributed by atoms with Crippen molar-refractivity contribution in [1.82, 2.24) is 0 Å². The molecule has 0 saturated heterocycles. The minimum Gasteiger partial charge on any atom is -0.462 e. The molecule has 1 N–H and O–H groups in total. The zero-order chi connectivity index (χ0) is 11.1. The van der Waals surface area contributed by atoms with Crippen molar-refractivity contribution in [2.75, 3.05) is 12.0 Å². The molecule has 0 unspecified atom stereocenters. The lowest BCUT2D eigenvalue weighted by molar-refractivity contribution is -0.134. The Balaban J connectivity index is 2.43. The number of carbonyl (C=O) groups excluding carboxylic acids is 1. The SMILES string of the molecule is CCOC(=O)/C=N\Nc1ccc(Br)cc1. The smallest absolute Gasteiger partial charge is 0.351 e. The molecule has 0 aliphatic rings. The van der Waals surface area contributed by atoms with Gasteiger partial charge in [0.05, 0.1) is 12.3 Å². The molecule has 0 radical (unpaired) electrons. The van der Waals surface area contributed by atoms with Crippen LogP contribution in [-0.2, 0) is 9.53 Å². The highest BCUT2D eigenvalue weighted by Gasteiger charge is 1.94. The van der Waals surface area contributed by atoms with Crippen molar-refractivity contribution >= 4 is 33.8 Å². The van der Waals surface area contributed by atoms with Crippen LogP contribution in [0.5, 0.6) is 0 Å². The maximum absolute atomic E-state index is 10.9. The van der Waals surface area contributed by atoms with Crippen LogP contribution in [0.1, 0.15) is 6.92 Å². The minimum absolute atomic E-state index is 0.350. The molecule has 1 aromatic rings. The van der Waals surface area contributed by atoms with Crippen molar-refractivity contribution < 1.29 is 9.53 Å². The number of hydrazone groups is 1. The second-order valence-corrected chi connectivity index (χ2v) is 3.54. The van der Waals surface area contributed by atoms with Crippen LogP contribution in [0, 0.1) is 0 Å². The molecule has 0 bridgehead atoms. The molecule has 4 nitrogen and oxygen atoms in total. The first-order valence-electron chi connectivity index (χ1n) is 4.43. The molecule has 1 aromatic carbocycles. The largest absolute Gasteiger partial charge is 0.462 e. The van der Waals surface area contributed by atoms with E-state index < -0.39 is 5.97 Å². The number of benzene rings is 1. The van der Waals surface area contributed by atoms with Crippen LogP contribution in [0.4, 0.5) is 5.69 Å². The van der Waals surface area contributed by atoms with Gasteiger partial charge in [-0.05, 0) is 31.2 Å². The van der Waals surface area contributed by atoms with Gasteiger partial charge in [-0.1, -0.05) is 15.9 Å². The summed E-state index contributed by atoms with van der Waals surface area (Å²) in [5.41, 5.74) is 3.51. The summed E-state index contributed by atoms with van der Waals surface area (Å²) in [6.45, 7) is 2.09. The predicted molar refractivity (Wildman–Crippen MR) is 62.9 cm³/mol. The van der Waals surface area contributed by atoms with Gasteiger partial charge in [0, 0.05) is 4.47 Å². The average molecular weight is 271 g/mol. The quantitative estimate of drug-likeness (QED) is 0.519. The van der Waals surface area contributed by atoms with Crippen LogP contribution in [0.2, 0.25) is 0 Å². The Morgan fingerprint density at radius 3 is 2.80 bits per heavy atom. The second kappa shape index (κ2) is 6.19. The molecule has 1 rings (SSSR count). The zero-order valence-electron chi connectivity index (χ0n) is 8.24. The Bertz CT molecular complexity index is 349. The number of nitrogens with one attached hydrogen (secondary N) is 1. The van der Waals surface area contributed by atoms with Gasteiger partial charge in [-0.15, -0.1) is 0 Å². The third-order valence-corrected chi connectivity index (χ3v) is 2.02. The van der Waals surface area contributed by atoms with Gasteiger partial charge >= 0.3 is 5.97 Å². The van der Waals surface area contributed by atoms with Crippen molar-refractivity contribution in [3.63, 3.8) is 0 Å². The topological polar surface area (TPSA) is 50.7 Å². The number of anilines is 1. The summed E-state index contributed by atoms with van der Waals surface area (Å²) in [5.74, 6) is -0.456. The summed E-state index contributed by atoms with van der Waals surface area (Å²) in [4.78, 5) is 10.9. The van der Waals surface area contributed by atoms with E-state index in [9.17, 15) is 4.79 Å². The zero-order valence-corrected chi connectivity index (χ0v) is 9.82. The van der Waals surface area contributed by atoms with Crippen LogP contribution in [0.25, 0.3) is 0 Å². The number of carbonyl (C=O) groups is 1. The number of ether oxygens (including phenoxy) is 1. The average Bonchev–Trinajstić information content (AvgIpc) is 2.21. The molecule has 0 spiro atoms. The fraction of sp³-hybridized carbons (Fsp3) is 0.200. The number of halogens is 1. The predicted octanol–water partition coefficient (Wildman–Crippen LogP) is 2.41. The Hall–Kier alpha value is -1.36. The highest BCUT2D eigenvalue weighted by Crippen LogP contribution is 2.13. The van der Waals surface area contributed by atoms with E-state index in [1.807, 2.05) is 24.3 Å². The third kappa shape index (κ3) is 4.60. The summed E-state index contributed by atoms with van der Waals surface area (Å²) in [7, 11) is 0. The summed E-state index contributed by atoms with van der Waals surface area (Å²) < 4.78 is 5.65. The minimum atomic E-state index is -0.456. The van der Waals surface area contributed by atoms with Crippen LogP contribution < -0.4 is 5.43 Å². The lowest BCUT2D eigenvalue weighted by Gasteiger charge is -1.99. The van der Waals surface area contributed by atoms with E-state index in [1.165, 1.54) is 0 Å². The van der Waals surface area contributed by atoms with Crippen LogP contribution in [0.3, 0.4) is 0 Å². The van der Waals surface area contributed by atoms with E-state index in [2.05, 4.69) is 31.2 Å². The molecule has 0 aromatic heterocycles. The number of rotatable bonds is 4. The van der Waals surface area contributed by atoms with E-state index in [0.29, 0.717) is 6.61 Å². The molecule has 0 aliphatic carbocycles. The lowest BCUT2D eigenvalue weighted by atomic mass is 10.3. The lowest BCUT2D eigenvalue weighted by Crippen LogP contribution is -2.06. The van der Waals surface area contributed by atoms with E-state index in [0.717, 1.165) is 16.4 Å². The van der Waals surface area contributed by atoms with Gasteiger partial charge in [-0.2, -0.15) is 5.10 Å². The van der Waals surface area contributed by atoms with Gasteiger partial charge in [0.1, 0.15) is 6.21 Å². The summed E-state index contributed by atoms with van der Waals surface area (Å²) in [6.07, 6.45) is 1.10. The van der Waals surface area contributed by atoms with Crippen molar-refractivity contribution in [1.29, 1.82) is 0 Å². The number of esters is 1. The van der Waals surface area contributed by atoms with Gasteiger partial charge < -0.3 is 4.74 Å². The Labute approximate surface area is 96.4 Å². The second-order valence-electron chi connectivity index (χ2n) is 2.63. The fourth-order valence-electron chi connectivity index (χ4n) is 0.863. The molecular weight excluding hydrogens is 260 g/mol. The van der Waals surface area contributed by atoms with Gasteiger partial charge in [0.15, 0.2) is 0 Å². The van der Waals surface area contributed by atoms with Crippen molar-refractivity contribution in [3.05, 3.63) is 28.7 Å². The molecule has 80 valence electrons. The van der Waals surface area contributed by atoms with E-state index in [-0.39, 0.29) is 0 Å². The summed E-state index contributed by atoms with van der Waals surface area (Å²) in [5, 5.41) is 3.72. The Morgan fingerprint density at radius 2 is 2.20 bits per heavy atom. The highest BCUT2D eigenvalue weighted by atomic mass is 79.9. The molecule has 15 heavy (non-hydrogen) atoms. The molecule has 0 aliphatic heterocycles. The van der Waals surface area contributed by atoms with Gasteiger partial charge in [-0.3, -0.25) is 5.43 Å². The highest BCUT2D eigenvalue weighted by molar-refractivity contribution is 9.10. The number of hydrogen-bond donors (Lipinski definition) is 1. The van der Waals surface area contributed by atoms with Crippen LogP contribution in [0.15, 0.2) is 33.8 Å². The Kier molecular flexibility index (Phi) is 4.83. The summed E-state index contributed by atoms with van der Waals surface area (Å²) >= 11 is 3.32. The monoisotopic (exact) mass is 270 g/mol. The van der Waals surface area contributed by atoms with Crippen LogP contribution in [-0.4, -0.2) is 18.8 Å². The third-order valence-electron chi connectivity index (χ3n) is 1.49. The van der Waals surface area contributed by atoms with Crippen molar-refractivity contribution in [2.24, 2.45) is 5.10 Å². The normalized spacial score (nSPS) is 10.3. The first kappa shape index (κ1) is 11.7. The molecule has 0 fully saturated rings. The molecule has 0 heterocycles. The van der Waals surface area contributed by atoms with E-state index in [1.54, 1.807) is 6.92 Å². The van der Waals surface area contributed by atoms with Gasteiger partial charge in [-0.25, -0.2) is 4.79 Å². The maximum Gasteiger partial charge on any atom is 0.351 e. The first-order valence-corrected chi connectivity index (χ1v) is 5.23. The Morgan fingerprint density at radius 1 is 1.53 bits per heavy atom. The number of nitrogens with zero attached hydrogens (tertiary/aromatic N) is 1. The van der Waals surface area contributed by atoms with Gasteiger partial charge in [0.25, 0.3) is 0 Å². The molecule has 0 atom stereocenters. The fourth-order valence-corrected chi connectivity index (χ4v) is 1.13. The van der Waals surface area contributed by atoms with Crippen molar-refractivity contribution in [3.8, 4) is 0 Å². The van der Waals surface area contributed by atoms with E-state index >= 15 is 0 Å². The molecule has 0 saturated carbocycles. The van der Waals surface area contributed by atoms with E-state index in [4.69, 9.17) is 0 Å². The maximum atomic E-state index is 10.9. The molecule has 5 heteroatoms. The standard InChI is InChI=1S/C10H11BrN2O2/c1-2-15-10(14)7-12-13-9-5-3-8(11)4-6-9/h3-7,13H,2H2,1H3/b12-7-. The first-order chi connectivity index (χ1) is 7.22. The van der Waals surface area contributed by atoms with Crippen LogP contribution >= 0.6 is 15.9 Å². The summed E-state index contributed by atoms with van der Waals surface area (Å²) in [6, 6.07) is 7.43.